The van der Waals surface area contributed by atoms with Crippen LogP contribution in [0.2, 0.25) is 0 Å². The Hall–Kier alpha value is -1.62. The van der Waals surface area contributed by atoms with Crippen LogP contribution >= 0.6 is 11.3 Å². The maximum Gasteiger partial charge on any atom is 0.344 e. The van der Waals surface area contributed by atoms with Crippen LogP contribution in [0.5, 0.6) is 5.75 Å². The first-order chi connectivity index (χ1) is 7.18. The molecule has 0 amide bonds. The zero-order chi connectivity index (χ0) is 10.8. The first-order valence-electron chi connectivity index (χ1n) is 4.40. The monoisotopic (exact) mass is 223 g/mol. The van der Waals surface area contributed by atoms with Crippen molar-refractivity contribution in [3.8, 4) is 5.75 Å². The summed E-state index contributed by atoms with van der Waals surface area (Å²) in [6.07, 6.45) is 0.761. The Kier molecular flexibility index (Phi) is 2.55. The Morgan fingerprint density at radius 2 is 2.40 bits per heavy atom. The predicted molar refractivity (Wildman–Crippen MR) is 57.3 cm³/mol. The van der Waals surface area contributed by atoms with Gasteiger partial charge in [0, 0.05) is 12.3 Å². The summed E-state index contributed by atoms with van der Waals surface area (Å²) in [5, 5.41) is 10.6. The van der Waals surface area contributed by atoms with E-state index in [9.17, 15) is 4.79 Å². The number of thiophene rings is 1. The normalized spacial score (nSPS) is 12.6. The van der Waals surface area contributed by atoms with E-state index in [0.717, 1.165) is 10.2 Å². The van der Waals surface area contributed by atoms with Gasteiger partial charge in [-0.3, -0.25) is 4.98 Å². The van der Waals surface area contributed by atoms with Crippen molar-refractivity contribution in [1.29, 1.82) is 0 Å². The standard InChI is InChI=1S/C10H9NO3S/c1-6(10(12)13)14-8-2-4-11-7-3-5-15-9(7)8/h2-6H,1H3,(H,12,13). The largest absolute Gasteiger partial charge is 0.479 e. The Balaban J connectivity index is 2.35. The van der Waals surface area contributed by atoms with Gasteiger partial charge in [0.2, 0.25) is 0 Å². The van der Waals surface area contributed by atoms with E-state index in [1.807, 2.05) is 11.4 Å². The maximum absolute atomic E-state index is 10.6. The first kappa shape index (κ1) is 9.92. The van der Waals surface area contributed by atoms with Gasteiger partial charge >= 0.3 is 5.97 Å². The number of carboxylic acid groups (broad SMARTS) is 1. The lowest BCUT2D eigenvalue weighted by atomic mass is 10.3. The molecule has 0 bridgehead atoms. The van der Waals surface area contributed by atoms with Gasteiger partial charge < -0.3 is 9.84 Å². The van der Waals surface area contributed by atoms with Crippen LogP contribution in [-0.2, 0) is 4.79 Å². The molecule has 0 aromatic carbocycles. The minimum atomic E-state index is -0.975. The van der Waals surface area contributed by atoms with Crippen molar-refractivity contribution < 1.29 is 14.6 Å². The Labute approximate surface area is 90.1 Å². The molecule has 5 heteroatoms. The molecule has 0 spiro atoms. The van der Waals surface area contributed by atoms with Crippen LogP contribution in [0.1, 0.15) is 6.92 Å². The summed E-state index contributed by atoms with van der Waals surface area (Å²) in [4.78, 5) is 14.8. The molecule has 0 saturated heterocycles. The number of nitrogens with zero attached hydrogens (tertiary/aromatic N) is 1. The van der Waals surface area contributed by atoms with Gasteiger partial charge in [-0.1, -0.05) is 0 Å². The van der Waals surface area contributed by atoms with Crippen molar-refractivity contribution in [2.75, 3.05) is 0 Å². The van der Waals surface area contributed by atoms with Gasteiger partial charge in [-0.05, 0) is 18.4 Å². The van der Waals surface area contributed by atoms with Crippen molar-refractivity contribution >= 4 is 27.5 Å². The molecule has 0 aliphatic carbocycles. The van der Waals surface area contributed by atoms with Crippen LogP contribution in [0.3, 0.4) is 0 Å². The van der Waals surface area contributed by atoms with Crippen LogP contribution in [-0.4, -0.2) is 22.2 Å². The second-order valence-corrected chi connectivity index (χ2v) is 3.96. The summed E-state index contributed by atoms with van der Waals surface area (Å²) in [6, 6.07) is 3.55. The predicted octanol–water partition coefficient (Wildman–Crippen LogP) is 2.15. The number of ether oxygens (including phenoxy) is 1. The molecule has 4 nitrogen and oxygen atoms in total. The summed E-state index contributed by atoms with van der Waals surface area (Å²) in [6.45, 7) is 1.50. The van der Waals surface area contributed by atoms with Crippen LogP contribution < -0.4 is 4.74 Å². The Morgan fingerprint density at radius 1 is 1.60 bits per heavy atom. The highest BCUT2D eigenvalue weighted by Gasteiger charge is 2.14. The summed E-state index contributed by atoms with van der Waals surface area (Å²) < 4.78 is 6.20. The summed E-state index contributed by atoms with van der Waals surface area (Å²) in [7, 11) is 0. The summed E-state index contributed by atoms with van der Waals surface area (Å²) in [5.74, 6) is -0.401. The van der Waals surface area contributed by atoms with E-state index >= 15 is 0 Å². The number of carbonyl (C=O) groups is 1. The molecule has 1 N–H and O–H groups in total. The minimum Gasteiger partial charge on any atom is -0.479 e. The van der Waals surface area contributed by atoms with Gasteiger partial charge in [0.05, 0.1) is 10.2 Å². The molecule has 0 saturated carbocycles. The average molecular weight is 223 g/mol. The van der Waals surface area contributed by atoms with Gasteiger partial charge in [-0.25, -0.2) is 4.79 Å². The molecule has 0 fully saturated rings. The van der Waals surface area contributed by atoms with E-state index in [4.69, 9.17) is 9.84 Å². The molecule has 1 unspecified atom stereocenters. The van der Waals surface area contributed by atoms with Crippen LogP contribution in [0.4, 0.5) is 0 Å². The third-order valence-electron chi connectivity index (χ3n) is 1.96. The van der Waals surface area contributed by atoms with E-state index in [0.29, 0.717) is 5.75 Å². The van der Waals surface area contributed by atoms with Crippen LogP contribution in [0, 0.1) is 0 Å². The molecular formula is C10H9NO3S. The van der Waals surface area contributed by atoms with E-state index < -0.39 is 12.1 Å². The quantitative estimate of drug-likeness (QED) is 0.866. The highest BCUT2D eigenvalue weighted by atomic mass is 32.1. The molecular weight excluding hydrogens is 214 g/mol. The van der Waals surface area contributed by atoms with E-state index in [-0.39, 0.29) is 0 Å². The van der Waals surface area contributed by atoms with Gasteiger partial charge in [0.15, 0.2) is 6.10 Å². The zero-order valence-electron chi connectivity index (χ0n) is 8.01. The van der Waals surface area contributed by atoms with E-state index in [1.54, 1.807) is 12.3 Å². The number of aromatic nitrogens is 1. The molecule has 15 heavy (non-hydrogen) atoms. The second kappa shape index (κ2) is 3.86. The number of pyridine rings is 1. The fourth-order valence-corrected chi connectivity index (χ4v) is 1.99. The van der Waals surface area contributed by atoms with Gasteiger partial charge in [-0.15, -0.1) is 11.3 Å². The van der Waals surface area contributed by atoms with Crippen molar-refractivity contribution in [1.82, 2.24) is 4.98 Å². The lowest BCUT2D eigenvalue weighted by molar-refractivity contribution is -0.144. The molecule has 2 aromatic rings. The maximum atomic E-state index is 10.6. The third-order valence-corrected chi connectivity index (χ3v) is 2.88. The molecule has 2 aromatic heterocycles. The number of hydrogen-bond acceptors (Lipinski definition) is 4. The van der Waals surface area contributed by atoms with Gasteiger partial charge in [-0.2, -0.15) is 0 Å². The topological polar surface area (TPSA) is 59.4 Å². The summed E-state index contributed by atoms with van der Waals surface area (Å²) in [5.41, 5.74) is 0.829. The number of rotatable bonds is 3. The number of hydrogen-bond donors (Lipinski definition) is 1. The van der Waals surface area contributed by atoms with Gasteiger partial charge in [0.25, 0.3) is 0 Å². The van der Waals surface area contributed by atoms with Crippen molar-refractivity contribution in [2.45, 2.75) is 13.0 Å². The lowest BCUT2D eigenvalue weighted by Gasteiger charge is -2.10. The first-order valence-corrected chi connectivity index (χ1v) is 5.28. The lowest BCUT2D eigenvalue weighted by Crippen LogP contribution is -2.22. The fourth-order valence-electron chi connectivity index (χ4n) is 1.18. The smallest absolute Gasteiger partial charge is 0.344 e. The molecule has 2 heterocycles. The number of carboxylic acids is 1. The number of fused-ring (bicyclic) bond motifs is 1. The number of aliphatic carboxylic acids is 1. The molecule has 0 radical (unpaired) electrons. The fraction of sp³-hybridized carbons (Fsp3) is 0.200. The molecule has 1 atom stereocenters. The molecule has 2 rings (SSSR count). The Bertz CT molecular complexity index is 494. The second-order valence-electron chi connectivity index (χ2n) is 3.04. The van der Waals surface area contributed by atoms with E-state index in [1.165, 1.54) is 18.3 Å². The highest BCUT2D eigenvalue weighted by Crippen LogP contribution is 2.29. The molecule has 0 aliphatic heterocycles. The minimum absolute atomic E-state index is 0.574. The van der Waals surface area contributed by atoms with Crippen LogP contribution in [0.15, 0.2) is 23.7 Å². The molecule has 78 valence electrons. The van der Waals surface area contributed by atoms with Gasteiger partial charge in [0.1, 0.15) is 5.75 Å². The van der Waals surface area contributed by atoms with Crippen molar-refractivity contribution in [3.05, 3.63) is 23.7 Å². The SMILES string of the molecule is CC(Oc1ccnc2ccsc12)C(=O)O. The zero-order valence-corrected chi connectivity index (χ0v) is 8.82. The van der Waals surface area contributed by atoms with Crippen molar-refractivity contribution in [2.24, 2.45) is 0 Å². The van der Waals surface area contributed by atoms with Crippen molar-refractivity contribution in [3.63, 3.8) is 0 Å². The highest BCUT2D eigenvalue weighted by molar-refractivity contribution is 7.17. The summed E-state index contributed by atoms with van der Waals surface area (Å²) >= 11 is 1.49. The average Bonchev–Trinajstić information content (AvgIpc) is 2.66. The Morgan fingerprint density at radius 3 is 3.13 bits per heavy atom. The van der Waals surface area contributed by atoms with Crippen LogP contribution in [0.25, 0.3) is 10.2 Å². The molecule has 0 aliphatic rings. The van der Waals surface area contributed by atoms with E-state index in [2.05, 4.69) is 4.98 Å². The third kappa shape index (κ3) is 1.92.